The Hall–Kier alpha value is -2.82. The smallest absolute Gasteiger partial charge is 0.233 e. The number of allylic oxidation sites excluding steroid dienone is 2. The van der Waals surface area contributed by atoms with Gasteiger partial charge in [0.1, 0.15) is 17.6 Å². The Kier molecular flexibility index (Phi) is 12.8. The van der Waals surface area contributed by atoms with E-state index in [-0.39, 0.29) is 28.9 Å². The summed E-state index contributed by atoms with van der Waals surface area (Å²) in [6, 6.07) is -2.06. The first-order valence-corrected chi connectivity index (χ1v) is 20.5. The molecular formula is C40H64F2N8O2. The van der Waals surface area contributed by atoms with E-state index < -0.39 is 41.2 Å². The molecule has 0 bridgehead atoms. The van der Waals surface area contributed by atoms with Crippen molar-refractivity contribution in [1.82, 2.24) is 25.3 Å². The number of rotatable bonds is 11. The summed E-state index contributed by atoms with van der Waals surface area (Å²) in [5, 5.41) is 15.4. The predicted molar refractivity (Wildman–Crippen MR) is 201 cm³/mol. The van der Waals surface area contributed by atoms with Crippen molar-refractivity contribution in [3.63, 3.8) is 0 Å². The summed E-state index contributed by atoms with van der Waals surface area (Å²) in [6.07, 6.45) is 15.8. The zero-order valence-corrected chi connectivity index (χ0v) is 31.8. The van der Waals surface area contributed by atoms with Crippen LogP contribution in [0.3, 0.4) is 0 Å². The molecule has 2 aliphatic carbocycles. The molecule has 0 aromatic heterocycles. The van der Waals surface area contributed by atoms with E-state index in [0.29, 0.717) is 57.7 Å². The van der Waals surface area contributed by atoms with Crippen molar-refractivity contribution in [2.45, 2.75) is 134 Å². The molecule has 10 nitrogen and oxygen atoms in total. The number of halogens is 2. The third-order valence-electron chi connectivity index (χ3n) is 13.8. The van der Waals surface area contributed by atoms with Crippen LogP contribution in [0.2, 0.25) is 0 Å². The number of likely N-dealkylation sites (tertiary alicyclic amines) is 1. The second-order valence-electron chi connectivity index (χ2n) is 16.9. The molecule has 12 heteroatoms. The van der Waals surface area contributed by atoms with Gasteiger partial charge in [-0.3, -0.25) is 19.9 Å². The zero-order valence-electron chi connectivity index (χ0n) is 31.8. The number of hydrogen-bond acceptors (Lipinski definition) is 7. The highest BCUT2D eigenvalue weighted by Crippen LogP contribution is 2.63. The van der Waals surface area contributed by atoms with Gasteiger partial charge in [-0.15, -0.1) is 0 Å². The van der Waals surface area contributed by atoms with E-state index in [1.165, 1.54) is 0 Å². The highest BCUT2D eigenvalue weighted by molar-refractivity contribution is 6.02. The SMILES string of the molecule is CCCCCCC1=C(F)C(N2CCN(C(=O)C3CN(C)C3)CC2)C(NC(=O)C(C(=N)N)C2N=C=C(F)CCC3(CCCCCC3)C23CCCC3)CN1. The number of amidine groups is 1. The number of unbranched alkanes of at least 4 members (excludes halogenated alkanes) is 3. The first-order valence-electron chi connectivity index (χ1n) is 20.5. The minimum absolute atomic E-state index is 0.0249. The van der Waals surface area contributed by atoms with Gasteiger partial charge in [0.15, 0.2) is 5.83 Å². The molecule has 4 unspecified atom stereocenters. The Balaban J connectivity index is 1.27. The molecule has 6 rings (SSSR count). The van der Waals surface area contributed by atoms with Crippen LogP contribution in [-0.4, -0.2) is 109 Å². The van der Waals surface area contributed by atoms with Gasteiger partial charge in [0.2, 0.25) is 11.8 Å². The summed E-state index contributed by atoms with van der Waals surface area (Å²) < 4.78 is 32.0. The number of hydrogen-bond donors (Lipinski definition) is 4. The van der Waals surface area contributed by atoms with Crippen LogP contribution < -0.4 is 16.4 Å². The molecule has 5 N–H and O–H groups in total. The monoisotopic (exact) mass is 727 g/mol. The molecule has 4 atom stereocenters. The Morgan fingerprint density at radius 3 is 2.31 bits per heavy atom. The number of fused-ring (bicyclic) bond motifs is 1. The molecule has 0 aromatic rings. The van der Waals surface area contributed by atoms with Gasteiger partial charge >= 0.3 is 0 Å². The van der Waals surface area contributed by atoms with Crippen LogP contribution in [0.25, 0.3) is 0 Å². The quantitative estimate of drug-likeness (QED) is 0.128. The van der Waals surface area contributed by atoms with Gasteiger partial charge in [0.05, 0.1) is 24.0 Å². The molecule has 2 spiro atoms. The summed E-state index contributed by atoms with van der Waals surface area (Å²) >= 11 is 0. The van der Waals surface area contributed by atoms with Crippen LogP contribution in [-0.2, 0) is 9.59 Å². The Labute approximate surface area is 310 Å². The van der Waals surface area contributed by atoms with Gasteiger partial charge in [-0.1, -0.05) is 64.7 Å². The van der Waals surface area contributed by atoms with Crippen LogP contribution in [0.4, 0.5) is 8.78 Å². The van der Waals surface area contributed by atoms with E-state index in [1.54, 1.807) is 0 Å². The maximum absolute atomic E-state index is 16.8. The standard InChI is InChI=1S/C40H64F2N8O2/c1-3-4-5-8-13-30-33(42)34(49-20-22-50(23-21-49)38(52)28-26-48(2)27-28)31(25-45-30)47-37(51)32(36(43)44)35-40(17-11-12-18-40)39(15-9-6-7-10-16-39)19-14-29(41)24-46-35/h28,31-32,34-35,45H,3-23,25-27H2,1-2H3,(H3,43,44)(H,47,51). The third-order valence-corrected chi connectivity index (χ3v) is 13.8. The molecular weight excluding hydrogens is 662 g/mol. The van der Waals surface area contributed by atoms with Gasteiger partial charge in [0.25, 0.3) is 0 Å². The second kappa shape index (κ2) is 17.1. The van der Waals surface area contributed by atoms with Crippen LogP contribution in [0, 0.1) is 28.1 Å². The number of carbonyl (C=O) groups excluding carboxylic acids is 2. The number of aliphatic imine (C=N–C) groups is 1. The second-order valence-corrected chi connectivity index (χ2v) is 16.9. The molecule has 4 aliphatic heterocycles. The number of carbonyl (C=O) groups is 2. The maximum atomic E-state index is 16.8. The first kappa shape index (κ1) is 38.9. The van der Waals surface area contributed by atoms with Crippen LogP contribution in [0.1, 0.15) is 116 Å². The van der Waals surface area contributed by atoms with E-state index in [1.807, 2.05) is 11.9 Å². The summed E-state index contributed by atoms with van der Waals surface area (Å²) in [7, 11) is 2.01. The zero-order chi connectivity index (χ0) is 36.9. The number of amides is 2. The van der Waals surface area contributed by atoms with E-state index in [2.05, 4.69) is 33.2 Å². The van der Waals surface area contributed by atoms with Crippen molar-refractivity contribution in [3.8, 4) is 0 Å². The minimum Gasteiger partial charge on any atom is -0.387 e. The number of nitrogens with one attached hydrogen (secondary N) is 3. The van der Waals surface area contributed by atoms with Gasteiger partial charge in [-0.05, 0) is 57.4 Å². The molecule has 2 saturated carbocycles. The molecule has 0 aromatic carbocycles. The fourth-order valence-corrected chi connectivity index (χ4v) is 10.9. The number of piperazine rings is 1. The molecule has 52 heavy (non-hydrogen) atoms. The normalized spacial score (nSPS) is 29.1. The Bertz CT molecular complexity index is 1380. The summed E-state index contributed by atoms with van der Waals surface area (Å²) in [5.74, 6) is 0.357. The average molecular weight is 727 g/mol. The van der Waals surface area contributed by atoms with Crippen LogP contribution in [0.15, 0.2) is 22.3 Å². The van der Waals surface area contributed by atoms with Crippen LogP contribution >= 0.6 is 0 Å². The molecule has 4 fully saturated rings. The topological polar surface area (TPSA) is 130 Å². The third kappa shape index (κ3) is 8.00. The molecule has 290 valence electrons. The van der Waals surface area contributed by atoms with Gasteiger partial charge < -0.3 is 26.2 Å². The summed E-state index contributed by atoms with van der Waals surface area (Å²) in [5.41, 5.74) is 6.39. The lowest BCUT2D eigenvalue weighted by atomic mass is 9.51. The maximum Gasteiger partial charge on any atom is 0.233 e. The first-order chi connectivity index (χ1) is 25.1. The predicted octanol–water partition coefficient (Wildman–Crippen LogP) is 5.44. The lowest BCUT2D eigenvalue weighted by molar-refractivity contribution is -0.142. The van der Waals surface area contributed by atoms with E-state index in [4.69, 9.17) is 16.1 Å². The van der Waals surface area contributed by atoms with E-state index in [9.17, 15) is 9.59 Å². The van der Waals surface area contributed by atoms with Crippen molar-refractivity contribution < 1.29 is 18.4 Å². The van der Waals surface area contributed by atoms with Gasteiger partial charge in [-0.2, -0.15) is 0 Å². The molecule has 2 saturated heterocycles. The Morgan fingerprint density at radius 2 is 1.67 bits per heavy atom. The largest absolute Gasteiger partial charge is 0.387 e. The molecule has 0 radical (unpaired) electrons. The lowest BCUT2D eigenvalue weighted by Gasteiger charge is -2.54. The summed E-state index contributed by atoms with van der Waals surface area (Å²) in [4.78, 5) is 38.7. The van der Waals surface area contributed by atoms with Crippen molar-refractivity contribution in [2.24, 2.45) is 33.4 Å². The number of nitrogens with zero attached hydrogens (tertiary/aromatic N) is 4. The van der Waals surface area contributed by atoms with Crippen molar-refractivity contribution in [2.75, 3.05) is 52.9 Å². The molecule has 4 heterocycles. The Morgan fingerprint density at radius 1 is 1.00 bits per heavy atom. The van der Waals surface area contributed by atoms with Crippen molar-refractivity contribution >= 4 is 23.5 Å². The van der Waals surface area contributed by atoms with Crippen molar-refractivity contribution in [1.29, 1.82) is 5.41 Å². The highest BCUT2D eigenvalue weighted by atomic mass is 19.1. The summed E-state index contributed by atoms with van der Waals surface area (Å²) in [6.45, 7) is 6.06. The van der Waals surface area contributed by atoms with Crippen LogP contribution in [0.5, 0.6) is 0 Å². The van der Waals surface area contributed by atoms with E-state index >= 15 is 8.78 Å². The highest BCUT2D eigenvalue weighted by Gasteiger charge is 2.59. The average Bonchev–Trinajstić information content (AvgIpc) is 3.50. The van der Waals surface area contributed by atoms with Gasteiger partial charge in [0, 0.05) is 69.2 Å². The van der Waals surface area contributed by atoms with Crippen molar-refractivity contribution in [3.05, 3.63) is 17.4 Å². The minimum atomic E-state index is -1.12. The fourth-order valence-electron chi connectivity index (χ4n) is 10.9. The number of nitrogens with two attached hydrogens (primary N) is 1. The van der Waals surface area contributed by atoms with E-state index in [0.717, 1.165) is 103 Å². The molecule has 6 aliphatic rings. The lowest BCUT2D eigenvalue weighted by Crippen LogP contribution is -2.65. The molecule has 2 amide bonds. The van der Waals surface area contributed by atoms with Gasteiger partial charge in [-0.25, -0.2) is 13.8 Å². The fraction of sp³-hybridized carbons (Fsp3) is 0.825.